The van der Waals surface area contributed by atoms with E-state index in [1.165, 1.54) is 32.9 Å². The predicted molar refractivity (Wildman–Crippen MR) is 122 cm³/mol. The molecule has 4 aromatic rings. The smallest absolute Gasteiger partial charge is 0.0591 e. The number of nitrogens with one attached hydrogen (secondary N) is 2. The van der Waals surface area contributed by atoms with Crippen molar-refractivity contribution < 1.29 is 5.11 Å². The SMILES string of the molecule is CC(CCCC(C)(C)O)CC(c1c[nH]c2ccccc12)c1c[nH]c2ccccc12. The van der Waals surface area contributed by atoms with Crippen molar-refractivity contribution in [2.24, 2.45) is 5.92 Å². The molecule has 0 amide bonds. The zero-order chi connectivity index (χ0) is 20.4. The highest BCUT2D eigenvalue weighted by atomic mass is 16.3. The summed E-state index contributed by atoms with van der Waals surface area (Å²) < 4.78 is 0. The zero-order valence-electron chi connectivity index (χ0n) is 17.7. The summed E-state index contributed by atoms with van der Waals surface area (Å²) in [5, 5.41) is 12.7. The Morgan fingerprint density at radius 1 is 0.862 bits per heavy atom. The maximum atomic E-state index is 10.0. The van der Waals surface area contributed by atoms with E-state index in [1.807, 2.05) is 13.8 Å². The lowest BCUT2D eigenvalue weighted by Gasteiger charge is -2.23. The second-order valence-corrected chi connectivity index (χ2v) is 9.18. The van der Waals surface area contributed by atoms with Crippen LogP contribution in [0.3, 0.4) is 0 Å². The molecule has 2 heterocycles. The first-order valence-corrected chi connectivity index (χ1v) is 10.8. The molecule has 0 radical (unpaired) electrons. The molecule has 0 aliphatic rings. The highest BCUT2D eigenvalue weighted by Crippen LogP contribution is 2.39. The molecular formula is C26H32N2O. The third-order valence-corrected chi connectivity index (χ3v) is 6.12. The number of hydrogen-bond donors (Lipinski definition) is 3. The van der Waals surface area contributed by atoms with Crippen molar-refractivity contribution in [2.45, 2.75) is 58.0 Å². The van der Waals surface area contributed by atoms with Gasteiger partial charge in [0.15, 0.2) is 0 Å². The van der Waals surface area contributed by atoms with Crippen LogP contribution in [0.4, 0.5) is 0 Å². The van der Waals surface area contributed by atoms with Crippen molar-refractivity contribution in [3.63, 3.8) is 0 Å². The number of aromatic amines is 2. The molecule has 0 saturated carbocycles. The topological polar surface area (TPSA) is 51.8 Å². The summed E-state index contributed by atoms with van der Waals surface area (Å²) in [5.74, 6) is 0.907. The fourth-order valence-electron chi connectivity index (χ4n) is 4.59. The molecule has 0 spiro atoms. The van der Waals surface area contributed by atoms with E-state index in [9.17, 15) is 5.11 Å². The molecule has 1 unspecified atom stereocenters. The van der Waals surface area contributed by atoms with E-state index in [1.54, 1.807) is 0 Å². The van der Waals surface area contributed by atoms with Gasteiger partial charge < -0.3 is 15.1 Å². The number of rotatable bonds is 8. The van der Waals surface area contributed by atoms with Crippen LogP contribution < -0.4 is 0 Å². The van der Waals surface area contributed by atoms with Crippen molar-refractivity contribution in [3.05, 3.63) is 72.1 Å². The average Bonchev–Trinajstić information content (AvgIpc) is 3.30. The quantitative estimate of drug-likeness (QED) is 0.307. The molecule has 0 bridgehead atoms. The fourth-order valence-corrected chi connectivity index (χ4v) is 4.59. The van der Waals surface area contributed by atoms with Gasteiger partial charge in [-0.3, -0.25) is 0 Å². The molecule has 0 aliphatic heterocycles. The van der Waals surface area contributed by atoms with E-state index in [0.717, 1.165) is 25.7 Å². The number of aliphatic hydroxyl groups is 1. The molecule has 2 aromatic carbocycles. The van der Waals surface area contributed by atoms with E-state index in [2.05, 4.69) is 77.8 Å². The predicted octanol–water partition coefficient (Wildman–Crippen LogP) is 6.75. The Morgan fingerprint density at radius 2 is 1.38 bits per heavy atom. The molecule has 3 N–H and O–H groups in total. The molecule has 0 saturated heterocycles. The van der Waals surface area contributed by atoms with Gasteiger partial charge in [-0.1, -0.05) is 56.2 Å². The number of aromatic nitrogens is 2. The monoisotopic (exact) mass is 388 g/mol. The third kappa shape index (κ3) is 4.40. The second kappa shape index (κ2) is 8.08. The Balaban J connectivity index is 1.66. The lowest BCUT2D eigenvalue weighted by molar-refractivity contribution is 0.0668. The number of H-pyrrole nitrogens is 2. The van der Waals surface area contributed by atoms with Gasteiger partial charge in [0.2, 0.25) is 0 Å². The Labute approximate surface area is 173 Å². The van der Waals surface area contributed by atoms with Crippen LogP contribution in [0.2, 0.25) is 0 Å². The van der Waals surface area contributed by atoms with Crippen LogP contribution >= 0.6 is 0 Å². The minimum atomic E-state index is -0.577. The number of hydrogen-bond acceptors (Lipinski definition) is 1. The minimum absolute atomic E-state index is 0.333. The van der Waals surface area contributed by atoms with Gasteiger partial charge in [0.05, 0.1) is 5.60 Å². The van der Waals surface area contributed by atoms with Crippen molar-refractivity contribution >= 4 is 21.8 Å². The molecule has 1 atom stereocenters. The first kappa shape index (κ1) is 19.8. The van der Waals surface area contributed by atoms with Crippen LogP contribution in [0.15, 0.2) is 60.9 Å². The molecule has 152 valence electrons. The molecule has 29 heavy (non-hydrogen) atoms. The molecular weight excluding hydrogens is 356 g/mol. The molecule has 3 nitrogen and oxygen atoms in total. The molecule has 0 fully saturated rings. The summed E-state index contributed by atoms with van der Waals surface area (Å²) in [6.45, 7) is 6.15. The van der Waals surface area contributed by atoms with Crippen LogP contribution in [0, 0.1) is 5.92 Å². The van der Waals surface area contributed by atoms with Gasteiger partial charge in [-0.2, -0.15) is 0 Å². The van der Waals surface area contributed by atoms with Gasteiger partial charge in [-0.25, -0.2) is 0 Å². The van der Waals surface area contributed by atoms with Crippen LogP contribution in [0.25, 0.3) is 21.8 Å². The van der Waals surface area contributed by atoms with Gasteiger partial charge in [0.1, 0.15) is 0 Å². The highest BCUT2D eigenvalue weighted by Gasteiger charge is 2.23. The Morgan fingerprint density at radius 3 is 1.90 bits per heavy atom. The van der Waals surface area contributed by atoms with Crippen LogP contribution in [-0.2, 0) is 0 Å². The summed E-state index contributed by atoms with van der Waals surface area (Å²) in [6.07, 6.45) is 8.52. The third-order valence-electron chi connectivity index (χ3n) is 6.12. The summed E-state index contributed by atoms with van der Waals surface area (Å²) in [6, 6.07) is 17.2. The largest absolute Gasteiger partial charge is 0.390 e. The first-order valence-electron chi connectivity index (χ1n) is 10.8. The lowest BCUT2D eigenvalue weighted by Crippen LogP contribution is -2.18. The van der Waals surface area contributed by atoms with Gasteiger partial charge in [-0.05, 0) is 55.9 Å². The number of para-hydroxylation sites is 2. The second-order valence-electron chi connectivity index (χ2n) is 9.18. The van der Waals surface area contributed by atoms with Gasteiger partial charge in [0, 0.05) is 40.1 Å². The fraction of sp³-hybridized carbons (Fsp3) is 0.385. The highest BCUT2D eigenvalue weighted by molar-refractivity contribution is 5.88. The minimum Gasteiger partial charge on any atom is -0.390 e. The molecule has 0 aliphatic carbocycles. The van der Waals surface area contributed by atoms with Gasteiger partial charge in [0.25, 0.3) is 0 Å². The van der Waals surface area contributed by atoms with Gasteiger partial charge in [-0.15, -0.1) is 0 Å². The maximum absolute atomic E-state index is 10.0. The van der Waals surface area contributed by atoms with Crippen molar-refractivity contribution in [1.82, 2.24) is 9.97 Å². The maximum Gasteiger partial charge on any atom is 0.0591 e. The van der Waals surface area contributed by atoms with Crippen molar-refractivity contribution in [2.75, 3.05) is 0 Å². The Hall–Kier alpha value is -2.52. The number of benzene rings is 2. The van der Waals surface area contributed by atoms with E-state index in [4.69, 9.17) is 0 Å². The van der Waals surface area contributed by atoms with E-state index >= 15 is 0 Å². The zero-order valence-corrected chi connectivity index (χ0v) is 17.7. The molecule has 4 rings (SSSR count). The Kier molecular flexibility index (Phi) is 5.51. The molecule has 2 aromatic heterocycles. The van der Waals surface area contributed by atoms with Gasteiger partial charge >= 0.3 is 0 Å². The standard InChI is InChI=1S/C26H32N2O/c1-18(9-8-14-26(2,3)29)15-21(22-16-27-24-12-6-4-10-19(22)24)23-17-28-25-13-7-5-11-20(23)25/h4-7,10-13,16-18,21,27-29H,8-9,14-15H2,1-3H3. The average molecular weight is 389 g/mol. The normalized spacial score (nSPS) is 13.6. The van der Waals surface area contributed by atoms with E-state index < -0.39 is 5.60 Å². The summed E-state index contributed by atoms with van der Waals surface area (Å²) in [4.78, 5) is 6.94. The summed E-state index contributed by atoms with van der Waals surface area (Å²) in [7, 11) is 0. The first-order chi connectivity index (χ1) is 13.9. The number of fused-ring (bicyclic) bond motifs is 2. The molecule has 3 heteroatoms. The lowest BCUT2D eigenvalue weighted by atomic mass is 9.82. The van der Waals surface area contributed by atoms with E-state index in [0.29, 0.717) is 11.8 Å². The summed E-state index contributed by atoms with van der Waals surface area (Å²) >= 11 is 0. The van der Waals surface area contributed by atoms with Crippen molar-refractivity contribution in [3.8, 4) is 0 Å². The van der Waals surface area contributed by atoms with Crippen molar-refractivity contribution in [1.29, 1.82) is 0 Å². The van der Waals surface area contributed by atoms with E-state index in [-0.39, 0.29) is 0 Å². The Bertz CT molecular complexity index is 1010. The summed E-state index contributed by atoms with van der Waals surface area (Å²) in [5.41, 5.74) is 4.57. The van der Waals surface area contributed by atoms with Crippen LogP contribution in [0.1, 0.15) is 63.5 Å². The van der Waals surface area contributed by atoms with Crippen LogP contribution in [-0.4, -0.2) is 20.7 Å². The van der Waals surface area contributed by atoms with Crippen LogP contribution in [0.5, 0.6) is 0 Å².